The largest absolute Gasteiger partial charge is 0.365 e. The van der Waals surface area contributed by atoms with E-state index in [1.165, 1.54) is 0 Å². The highest BCUT2D eigenvalue weighted by atomic mass is 15.5. The molecule has 92 valence electrons. The fourth-order valence-corrected chi connectivity index (χ4v) is 1.68. The summed E-state index contributed by atoms with van der Waals surface area (Å²) >= 11 is 0. The van der Waals surface area contributed by atoms with Crippen LogP contribution in [0.1, 0.15) is 26.2 Å². The minimum Gasteiger partial charge on any atom is -0.365 e. The van der Waals surface area contributed by atoms with Gasteiger partial charge >= 0.3 is 0 Å². The van der Waals surface area contributed by atoms with Gasteiger partial charge in [0, 0.05) is 12.6 Å². The number of hydrogen-bond donors (Lipinski definition) is 2. The molecular weight excluding hydrogens is 218 g/mol. The van der Waals surface area contributed by atoms with Gasteiger partial charge in [-0.2, -0.15) is 4.52 Å². The second kappa shape index (κ2) is 5.53. The molecule has 2 rings (SSSR count). The fourth-order valence-electron chi connectivity index (χ4n) is 1.68. The lowest BCUT2D eigenvalue weighted by Gasteiger charge is -2.17. The van der Waals surface area contributed by atoms with Gasteiger partial charge in [-0.1, -0.05) is 19.8 Å². The Labute approximate surface area is 99.4 Å². The van der Waals surface area contributed by atoms with Gasteiger partial charge in [-0.3, -0.25) is 4.98 Å². The third-order valence-electron chi connectivity index (χ3n) is 2.65. The van der Waals surface area contributed by atoms with Gasteiger partial charge in [0.2, 0.25) is 0 Å². The molecule has 0 aliphatic rings. The molecule has 1 atom stereocenters. The molecule has 0 radical (unpaired) electrons. The van der Waals surface area contributed by atoms with Gasteiger partial charge < -0.3 is 11.1 Å². The summed E-state index contributed by atoms with van der Waals surface area (Å²) in [4.78, 5) is 4.09. The normalized spacial score (nSPS) is 12.8. The second-order valence-electron chi connectivity index (χ2n) is 3.96. The van der Waals surface area contributed by atoms with Gasteiger partial charge in [-0.15, -0.1) is 5.10 Å². The van der Waals surface area contributed by atoms with Gasteiger partial charge in [-0.05, 0) is 16.8 Å². The first kappa shape index (κ1) is 11.7. The Kier molecular flexibility index (Phi) is 3.81. The minimum absolute atomic E-state index is 0.228. The number of rotatable bonds is 6. The maximum atomic E-state index is 5.74. The monoisotopic (exact) mass is 235 g/mol. The van der Waals surface area contributed by atoms with Crippen molar-refractivity contribution in [3.05, 3.63) is 12.4 Å². The van der Waals surface area contributed by atoms with Crippen molar-refractivity contribution in [2.24, 2.45) is 5.73 Å². The van der Waals surface area contributed by atoms with Crippen LogP contribution in [0.5, 0.6) is 0 Å². The van der Waals surface area contributed by atoms with E-state index >= 15 is 0 Å². The van der Waals surface area contributed by atoms with Crippen molar-refractivity contribution in [2.75, 3.05) is 11.9 Å². The summed E-state index contributed by atoms with van der Waals surface area (Å²) in [6.45, 7) is 2.75. The van der Waals surface area contributed by atoms with E-state index in [9.17, 15) is 0 Å². The van der Waals surface area contributed by atoms with Crippen LogP contribution < -0.4 is 11.1 Å². The number of hydrogen-bond acceptors (Lipinski definition) is 6. The second-order valence-corrected chi connectivity index (χ2v) is 3.96. The van der Waals surface area contributed by atoms with E-state index in [1.54, 1.807) is 16.9 Å². The topological polar surface area (TPSA) is 94.0 Å². The molecule has 1 unspecified atom stereocenters. The lowest BCUT2D eigenvalue weighted by Crippen LogP contribution is -2.29. The van der Waals surface area contributed by atoms with Crippen molar-refractivity contribution in [1.82, 2.24) is 25.0 Å². The molecule has 0 spiro atoms. The molecule has 2 heterocycles. The van der Waals surface area contributed by atoms with Gasteiger partial charge in [0.15, 0.2) is 11.5 Å². The van der Waals surface area contributed by atoms with Crippen LogP contribution in [-0.2, 0) is 0 Å². The Morgan fingerprint density at radius 2 is 2.35 bits per heavy atom. The highest BCUT2D eigenvalue weighted by Crippen LogP contribution is 2.10. The number of fused-ring (bicyclic) bond motifs is 1. The summed E-state index contributed by atoms with van der Waals surface area (Å²) in [5.41, 5.74) is 6.36. The van der Waals surface area contributed by atoms with E-state index in [0.29, 0.717) is 12.2 Å². The van der Waals surface area contributed by atoms with E-state index in [2.05, 4.69) is 32.7 Å². The Balaban J connectivity index is 2.13. The molecule has 17 heavy (non-hydrogen) atoms. The van der Waals surface area contributed by atoms with E-state index < -0.39 is 0 Å². The zero-order valence-electron chi connectivity index (χ0n) is 9.87. The molecule has 7 heteroatoms. The predicted molar refractivity (Wildman–Crippen MR) is 64.6 cm³/mol. The lowest BCUT2D eigenvalue weighted by molar-refractivity contribution is 0.609. The van der Waals surface area contributed by atoms with Crippen molar-refractivity contribution in [2.45, 2.75) is 32.2 Å². The van der Waals surface area contributed by atoms with E-state index in [0.717, 1.165) is 25.1 Å². The van der Waals surface area contributed by atoms with Crippen molar-refractivity contribution in [3.8, 4) is 0 Å². The van der Waals surface area contributed by atoms with Crippen LogP contribution in [0.2, 0.25) is 0 Å². The molecule has 3 N–H and O–H groups in total. The van der Waals surface area contributed by atoms with Gasteiger partial charge in [0.1, 0.15) is 0 Å². The SMILES string of the molecule is CCCCC(CN)Nc1cncc2nnnn12. The molecule has 0 saturated heterocycles. The van der Waals surface area contributed by atoms with Crippen LogP contribution >= 0.6 is 0 Å². The van der Waals surface area contributed by atoms with Crippen molar-refractivity contribution in [1.29, 1.82) is 0 Å². The van der Waals surface area contributed by atoms with Crippen molar-refractivity contribution >= 4 is 11.5 Å². The van der Waals surface area contributed by atoms with E-state index in [-0.39, 0.29) is 6.04 Å². The first-order valence-electron chi connectivity index (χ1n) is 5.84. The van der Waals surface area contributed by atoms with Gasteiger partial charge in [0.25, 0.3) is 0 Å². The molecule has 0 aliphatic heterocycles. The molecule has 2 aromatic heterocycles. The summed E-state index contributed by atoms with van der Waals surface area (Å²) < 4.78 is 1.63. The fraction of sp³-hybridized carbons (Fsp3) is 0.600. The van der Waals surface area contributed by atoms with Crippen molar-refractivity contribution < 1.29 is 0 Å². The molecule has 0 fully saturated rings. The number of unbranched alkanes of at least 4 members (excludes halogenated alkanes) is 1. The standard InChI is InChI=1S/C10H17N7/c1-2-3-4-8(5-11)13-9-6-12-7-10-14-15-16-17(9)10/h6-8,13H,2-5,11H2,1H3. The van der Waals surface area contributed by atoms with E-state index in [1.807, 2.05) is 0 Å². The highest BCUT2D eigenvalue weighted by molar-refractivity contribution is 5.44. The molecule has 7 nitrogen and oxygen atoms in total. The Hall–Kier alpha value is -1.76. The summed E-state index contributed by atoms with van der Waals surface area (Å²) in [5.74, 6) is 0.777. The molecule has 0 aromatic carbocycles. The van der Waals surface area contributed by atoms with Crippen LogP contribution in [0, 0.1) is 0 Å². The molecule has 0 saturated carbocycles. The zero-order chi connectivity index (χ0) is 12.1. The first-order chi connectivity index (χ1) is 8.35. The molecule has 0 aliphatic carbocycles. The zero-order valence-corrected chi connectivity index (χ0v) is 9.87. The highest BCUT2D eigenvalue weighted by Gasteiger charge is 2.09. The van der Waals surface area contributed by atoms with Crippen LogP contribution in [0.4, 0.5) is 5.82 Å². The number of anilines is 1. The van der Waals surface area contributed by atoms with Crippen LogP contribution in [0.25, 0.3) is 5.65 Å². The summed E-state index contributed by atoms with van der Waals surface area (Å²) in [7, 11) is 0. The summed E-state index contributed by atoms with van der Waals surface area (Å²) in [6, 6.07) is 0.228. The number of tetrazole rings is 1. The Bertz CT molecular complexity index is 466. The third-order valence-corrected chi connectivity index (χ3v) is 2.65. The molecular formula is C10H17N7. The summed E-state index contributed by atoms with van der Waals surface area (Å²) in [5, 5.41) is 14.7. The maximum absolute atomic E-state index is 5.74. The van der Waals surface area contributed by atoms with E-state index in [4.69, 9.17) is 5.73 Å². The van der Waals surface area contributed by atoms with Crippen LogP contribution in [-0.4, -0.2) is 37.6 Å². The average Bonchev–Trinajstić information content (AvgIpc) is 2.83. The van der Waals surface area contributed by atoms with Crippen molar-refractivity contribution in [3.63, 3.8) is 0 Å². The van der Waals surface area contributed by atoms with Crippen LogP contribution in [0.15, 0.2) is 12.4 Å². The maximum Gasteiger partial charge on any atom is 0.199 e. The number of aromatic nitrogens is 5. The van der Waals surface area contributed by atoms with Gasteiger partial charge in [0.05, 0.1) is 12.4 Å². The average molecular weight is 235 g/mol. The summed E-state index contributed by atoms with van der Waals surface area (Å²) in [6.07, 6.45) is 6.66. The first-order valence-corrected chi connectivity index (χ1v) is 5.84. The lowest BCUT2D eigenvalue weighted by atomic mass is 10.1. The predicted octanol–water partition coefficient (Wildman–Crippen LogP) is 0.449. The Morgan fingerprint density at radius 3 is 3.12 bits per heavy atom. The third kappa shape index (κ3) is 2.68. The number of nitrogens with one attached hydrogen (secondary N) is 1. The quantitative estimate of drug-likeness (QED) is 0.755. The van der Waals surface area contributed by atoms with Crippen LogP contribution in [0.3, 0.4) is 0 Å². The molecule has 2 aromatic rings. The number of nitrogens with zero attached hydrogens (tertiary/aromatic N) is 5. The Morgan fingerprint density at radius 1 is 1.47 bits per heavy atom. The minimum atomic E-state index is 0.228. The smallest absolute Gasteiger partial charge is 0.199 e. The van der Waals surface area contributed by atoms with Gasteiger partial charge in [-0.25, -0.2) is 0 Å². The molecule has 0 bridgehead atoms. The molecule has 0 amide bonds. The number of nitrogens with two attached hydrogens (primary N) is 1.